The predicted molar refractivity (Wildman–Crippen MR) is 105 cm³/mol. The zero-order chi connectivity index (χ0) is 20.2. The molecule has 2 saturated heterocycles. The summed E-state index contributed by atoms with van der Waals surface area (Å²) in [4.78, 5) is 11.0. The zero-order valence-electron chi connectivity index (χ0n) is 16.6. The summed E-state index contributed by atoms with van der Waals surface area (Å²) >= 11 is 0. The van der Waals surface area contributed by atoms with Gasteiger partial charge in [-0.25, -0.2) is 9.37 Å². The van der Waals surface area contributed by atoms with Gasteiger partial charge in [-0.2, -0.15) is 14.6 Å². The first-order valence-corrected chi connectivity index (χ1v) is 9.94. The Morgan fingerprint density at radius 2 is 1.86 bits per heavy atom. The lowest BCUT2D eigenvalue weighted by Gasteiger charge is -2.40. The molecule has 0 saturated carbocycles. The summed E-state index contributed by atoms with van der Waals surface area (Å²) in [6, 6.07) is 6.08. The Labute approximate surface area is 168 Å². The molecule has 1 atom stereocenters. The number of fused-ring (bicyclic) bond motifs is 1. The fourth-order valence-corrected chi connectivity index (χ4v) is 4.69. The van der Waals surface area contributed by atoms with Gasteiger partial charge in [0.25, 0.3) is 5.78 Å². The second-order valence-electron chi connectivity index (χ2n) is 8.29. The average molecular weight is 397 g/mol. The third-order valence-electron chi connectivity index (χ3n) is 6.46. The van der Waals surface area contributed by atoms with Gasteiger partial charge in [0.05, 0.1) is 12.2 Å². The van der Waals surface area contributed by atoms with Crippen LogP contribution in [0, 0.1) is 19.7 Å². The third kappa shape index (κ3) is 2.98. The lowest BCUT2D eigenvalue weighted by atomic mass is 9.80. The van der Waals surface area contributed by atoms with Crippen LogP contribution in [-0.2, 0) is 10.3 Å². The molecule has 152 valence electrons. The Morgan fingerprint density at radius 3 is 2.59 bits per heavy atom. The van der Waals surface area contributed by atoms with E-state index in [1.807, 2.05) is 6.92 Å². The number of aryl methyl sites for hydroxylation is 1. The quantitative estimate of drug-likeness (QED) is 0.716. The van der Waals surface area contributed by atoms with E-state index in [9.17, 15) is 9.50 Å². The lowest BCUT2D eigenvalue weighted by Crippen LogP contribution is -2.45. The molecule has 2 fully saturated rings. The van der Waals surface area contributed by atoms with Crippen LogP contribution in [0.1, 0.15) is 36.1 Å². The van der Waals surface area contributed by atoms with E-state index >= 15 is 0 Å². The monoisotopic (exact) mass is 397 g/mol. The predicted octanol–water partition coefficient (Wildman–Crippen LogP) is 2.53. The Kier molecular flexibility index (Phi) is 4.11. The highest BCUT2D eigenvalue weighted by molar-refractivity contribution is 5.54. The van der Waals surface area contributed by atoms with Gasteiger partial charge >= 0.3 is 0 Å². The van der Waals surface area contributed by atoms with Crippen LogP contribution in [0.4, 0.5) is 10.2 Å². The smallest absolute Gasteiger partial charge is 0.254 e. The van der Waals surface area contributed by atoms with Crippen molar-refractivity contribution in [1.82, 2.24) is 19.6 Å². The van der Waals surface area contributed by atoms with Crippen molar-refractivity contribution in [1.29, 1.82) is 0 Å². The molecule has 1 spiro atoms. The van der Waals surface area contributed by atoms with Crippen molar-refractivity contribution in [2.75, 3.05) is 24.6 Å². The van der Waals surface area contributed by atoms with Crippen LogP contribution in [-0.4, -0.2) is 50.0 Å². The highest BCUT2D eigenvalue weighted by Gasteiger charge is 2.50. The molecular formula is C21H24FN5O2. The van der Waals surface area contributed by atoms with E-state index < -0.39 is 5.60 Å². The number of hydrogen-bond donors (Lipinski definition) is 1. The van der Waals surface area contributed by atoms with Gasteiger partial charge in [0.2, 0.25) is 0 Å². The molecule has 2 aromatic heterocycles. The maximum atomic E-state index is 13.3. The maximum absolute atomic E-state index is 13.3. The first-order chi connectivity index (χ1) is 13.9. The number of aliphatic hydroxyl groups is 1. The van der Waals surface area contributed by atoms with Crippen LogP contribution in [0.15, 0.2) is 30.6 Å². The molecule has 29 heavy (non-hydrogen) atoms. The minimum Gasteiger partial charge on any atom is -0.383 e. The molecule has 2 aliphatic heterocycles. The normalized spacial score (nSPS) is 23.9. The first kappa shape index (κ1) is 18.4. The number of nitrogens with zero attached hydrogens (tertiary/aromatic N) is 5. The van der Waals surface area contributed by atoms with E-state index in [2.05, 4.69) is 26.9 Å². The second-order valence-corrected chi connectivity index (χ2v) is 8.29. The van der Waals surface area contributed by atoms with Gasteiger partial charge in [-0.15, -0.1) is 0 Å². The summed E-state index contributed by atoms with van der Waals surface area (Å²) in [6.45, 7) is 5.86. The Bertz CT molecular complexity index is 1060. The molecule has 3 aromatic rings. The summed E-state index contributed by atoms with van der Waals surface area (Å²) in [5.41, 5.74) is 1.32. The number of rotatable bonds is 2. The first-order valence-electron chi connectivity index (χ1n) is 9.94. The SMILES string of the molecule is Cc1nc2ncnn2c(N2CCC3(CC2)C[C@@](O)(c2ccc(F)cc2)CO3)c1C. The van der Waals surface area contributed by atoms with E-state index in [0.29, 0.717) is 17.8 Å². The van der Waals surface area contributed by atoms with Gasteiger partial charge in [0.1, 0.15) is 23.6 Å². The van der Waals surface area contributed by atoms with Gasteiger partial charge < -0.3 is 14.7 Å². The molecule has 7 nitrogen and oxygen atoms in total. The maximum Gasteiger partial charge on any atom is 0.254 e. The highest BCUT2D eigenvalue weighted by Crippen LogP contribution is 2.46. The molecule has 0 unspecified atom stereocenters. The summed E-state index contributed by atoms with van der Waals surface area (Å²) in [6.07, 6.45) is 3.65. The van der Waals surface area contributed by atoms with E-state index in [4.69, 9.17) is 4.74 Å². The van der Waals surface area contributed by atoms with Crippen molar-refractivity contribution >= 4 is 11.6 Å². The molecule has 0 bridgehead atoms. The molecular weight excluding hydrogens is 373 g/mol. The molecule has 0 aliphatic carbocycles. The van der Waals surface area contributed by atoms with E-state index in [1.54, 1.807) is 16.6 Å². The van der Waals surface area contributed by atoms with Crippen molar-refractivity contribution in [3.63, 3.8) is 0 Å². The summed E-state index contributed by atoms with van der Waals surface area (Å²) in [5.74, 6) is 1.32. The van der Waals surface area contributed by atoms with Crippen LogP contribution >= 0.6 is 0 Å². The van der Waals surface area contributed by atoms with Crippen LogP contribution in [0.5, 0.6) is 0 Å². The number of hydrogen-bond acceptors (Lipinski definition) is 6. The number of piperidine rings is 1. The van der Waals surface area contributed by atoms with Crippen molar-refractivity contribution < 1.29 is 14.2 Å². The van der Waals surface area contributed by atoms with E-state index in [-0.39, 0.29) is 18.0 Å². The molecule has 1 aromatic carbocycles. The largest absolute Gasteiger partial charge is 0.383 e. The number of halogens is 1. The van der Waals surface area contributed by atoms with Crippen LogP contribution in [0.2, 0.25) is 0 Å². The third-order valence-corrected chi connectivity index (χ3v) is 6.46. The molecule has 5 rings (SSSR count). The van der Waals surface area contributed by atoms with Gasteiger partial charge in [-0.3, -0.25) is 0 Å². The molecule has 1 N–H and O–H groups in total. The van der Waals surface area contributed by atoms with Gasteiger partial charge in [-0.1, -0.05) is 12.1 Å². The fourth-order valence-electron chi connectivity index (χ4n) is 4.69. The van der Waals surface area contributed by atoms with Gasteiger partial charge in [0, 0.05) is 30.8 Å². The van der Waals surface area contributed by atoms with Crippen molar-refractivity contribution in [3.05, 3.63) is 53.2 Å². The van der Waals surface area contributed by atoms with E-state index in [0.717, 1.165) is 43.0 Å². The molecule has 0 radical (unpaired) electrons. The summed E-state index contributed by atoms with van der Waals surface area (Å²) in [7, 11) is 0. The Hall–Kier alpha value is -2.58. The Morgan fingerprint density at radius 1 is 1.14 bits per heavy atom. The summed E-state index contributed by atoms with van der Waals surface area (Å²) in [5, 5.41) is 15.5. The molecule has 2 aliphatic rings. The minimum absolute atomic E-state index is 0.235. The number of benzene rings is 1. The standard InChI is InChI=1S/C21H24FN5O2/c1-14-15(2)25-19-23-13-24-27(19)18(14)26-9-7-20(8-10-26)11-21(28,12-29-20)16-3-5-17(22)6-4-16/h3-6,13,28H,7-12H2,1-2H3/t21-/m0/s1. The van der Waals surface area contributed by atoms with Gasteiger partial charge in [-0.05, 0) is 44.4 Å². The molecule has 8 heteroatoms. The zero-order valence-corrected chi connectivity index (χ0v) is 16.6. The van der Waals surface area contributed by atoms with Gasteiger partial charge in [0.15, 0.2) is 0 Å². The van der Waals surface area contributed by atoms with Crippen molar-refractivity contribution in [3.8, 4) is 0 Å². The topological polar surface area (TPSA) is 75.8 Å². The fraction of sp³-hybridized carbons (Fsp3) is 0.476. The number of ether oxygens (including phenoxy) is 1. The van der Waals surface area contributed by atoms with Crippen LogP contribution in [0.25, 0.3) is 5.78 Å². The minimum atomic E-state index is -1.07. The number of aromatic nitrogens is 4. The molecule has 4 heterocycles. The van der Waals surface area contributed by atoms with E-state index in [1.165, 1.54) is 18.5 Å². The average Bonchev–Trinajstić information content (AvgIpc) is 3.30. The molecule has 0 amide bonds. The van der Waals surface area contributed by atoms with Crippen LogP contribution in [0.3, 0.4) is 0 Å². The second kappa shape index (κ2) is 6.47. The lowest BCUT2D eigenvalue weighted by molar-refractivity contribution is -0.0242. The highest BCUT2D eigenvalue weighted by atomic mass is 19.1. The Balaban J connectivity index is 1.37. The number of anilines is 1. The van der Waals surface area contributed by atoms with Crippen molar-refractivity contribution in [2.24, 2.45) is 0 Å². The van der Waals surface area contributed by atoms with Crippen LogP contribution < -0.4 is 4.90 Å². The summed E-state index contributed by atoms with van der Waals surface area (Å²) < 4.78 is 21.2. The van der Waals surface area contributed by atoms with Crippen molar-refractivity contribution in [2.45, 2.75) is 44.3 Å².